The Labute approximate surface area is 122 Å². The zero-order valence-corrected chi connectivity index (χ0v) is 11.8. The van der Waals surface area contributed by atoms with Gasteiger partial charge in [0, 0.05) is 15.4 Å². The first-order valence-electron chi connectivity index (χ1n) is 5.81. The molecule has 0 bridgehead atoms. The summed E-state index contributed by atoms with van der Waals surface area (Å²) in [7, 11) is 0. The second kappa shape index (κ2) is 4.72. The molecule has 0 radical (unpaired) electrons. The van der Waals surface area contributed by atoms with E-state index in [4.69, 9.17) is 5.73 Å². The zero-order valence-electron chi connectivity index (χ0n) is 10.2. The number of carbonyl (C=O) groups excluding carboxylic acids is 1. The molecule has 3 aromatic rings. The standard InChI is InChI=1S/C14H9BrFN3O/c15-10-5-2-6-11-12(10)13(18-19(11)14(17)20)8-3-1-4-9(16)7-8/h1-7H,(H2,17,20). The molecule has 0 saturated heterocycles. The lowest BCUT2D eigenvalue weighted by molar-refractivity contribution is 0.248. The van der Waals surface area contributed by atoms with Crippen molar-refractivity contribution in [3.8, 4) is 11.3 Å². The molecule has 100 valence electrons. The maximum Gasteiger partial charge on any atom is 0.340 e. The third-order valence-electron chi connectivity index (χ3n) is 2.96. The Kier molecular flexibility index (Phi) is 3.02. The molecular weight excluding hydrogens is 325 g/mol. The van der Waals surface area contributed by atoms with Gasteiger partial charge in [0.05, 0.1) is 5.52 Å². The summed E-state index contributed by atoms with van der Waals surface area (Å²) >= 11 is 3.43. The Hall–Kier alpha value is -2.21. The SMILES string of the molecule is NC(=O)n1nc(-c2cccc(F)c2)c2c(Br)cccc21. The number of hydrogen-bond donors (Lipinski definition) is 1. The van der Waals surface area contributed by atoms with Gasteiger partial charge in [-0.2, -0.15) is 9.78 Å². The maximum absolute atomic E-state index is 13.4. The van der Waals surface area contributed by atoms with E-state index >= 15 is 0 Å². The van der Waals surface area contributed by atoms with Crippen LogP contribution in [0.2, 0.25) is 0 Å². The molecule has 1 heterocycles. The smallest absolute Gasteiger partial charge is 0.340 e. The molecule has 0 saturated carbocycles. The second-order valence-corrected chi connectivity index (χ2v) is 5.10. The molecule has 0 aliphatic carbocycles. The van der Waals surface area contributed by atoms with Crippen LogP contribution in [0.25, 0.3) is 22.2 Å². The first-order valence-corrected chi connectivity index (χ1v) is 6.60. The first kappa shape index (κ1) is 12.8. The number of halogens is 2. The number of amides is 1. The highest BCUT2D eigenvalue weighted by atomic mass is 79.9. The topological polar surface area (TPSA) is 60.9 Å². The van der Waals surface area contributed by atoms with Crippen LogP contribution in [0.15, 0.2) is 46.9 Å². The summed E-state index contributed by atoms with van der Waals surface area (Å²) in [5.74, 6) is -0.365. The third kappa shape index (κ3) is 1.98. The van der Waals surface area contributed by atoms with Gasteiger partial charge in [-0.1, -0.05) is 34.1 Å². The van der Waals surface area contributed by atoms with Crippen LogP contribution in [0.1, 0.15) is 0 Å². The molecule has 2 N–H and O–H groups in total. The van der Waals surface area contributed by atoms with Crippen molar-refractivity contribution < 1.29 is 9.18 Å². The Balaban J connectivity index is 2.39. The van der Waals surface area contributed by atoms with E-state index in [0.717, 1.165) is 14.5 Å². The van der Waals surface area contributed by atoms with Gasteiger partial charge in [-0.3, -0.25) is 0 Å². The number of nitrogens with two attached hydrogens (primary N) is 1. The Bertz CT molecular complexity index is 828. The number of nitrogens with zero attached hydrogens (tertiary/aromatic N) is 2. The number of aromatic nitrogens is 2. The summed E-state index contributed by atoms with van der Waals surface area (Å²) < 4.78 is 15.3. The monoisotopic (exact) mass is 333 g/mol. The largest absolute Gasteiger partial charge is 0.350 e. The minimum Gasteiger partial charge on any atom is -0.350 e. The van der Waals surface area contributed by atoms with E-state index in [-0.39, 0.29) is 5.82 Å². The van der Waals surface area contributed by atoms with Crippen LogP contribution in [0.3, 0.4) is 0 Å². The molecule has 20 heavy (non-hydrogen) atoms. The van der Waals surface area contributed by atoms with Gasteiger partial charge < -0.3 is 5.73 Å². The van der Waals surface area contributed by atoms with Crippen molar-refractivity contribution in [1.29, 1.82) is 0 Å². The fourth-order valence-electron chi connectivity index (χ4n) is 2.13. The predicted molar refractivity (Wildman–Crippen MR) is 77.8 cm³/mol. The molecule has 4 nitrogen and oxygen atoms in total. The van der Waals surface area contributed by atoms with E-state index in [1.54, 1.807) is 24.3 Å². The third-order valence-corrected chi connectivity index (χ3v) is 3.62. The van der Waals surface area contributed by atoms with E-state index in [2.05, 4.69) is 21.0 Å². The summed E-state index contributed by atoms with van der Waals surface area (Å²) in [6.45, 7) is 0. The van der Waals surface area contributed by atoms with Gasteiger partial charge in [0.2, 0.25) is 0 Å². The molecule has 1 amide bonds. The molecule has 0 aliphatic heterocycles. The van der Waals surface area contributed by atoms with E-state index in [9.17, 15) is 9.18 Å². The van der Waals surface area contributed by atoms with Crippen LogP contribution in [-0.4, -0.2) is 15.8 Å². The van der Waals surface area contributed by atoms with Gasteiger partial charge in [0.1, 0.15) is 11.5 Å². The molecular formula is C14H9BrFN3O. The summed E-state index contributed by atoms with van der Waals surface area (Å²) in [6, 6.07) is 10.7. The molecule has 0 unspecified atom stereocenters. The average Bonchev–Trinajstić information content (AvgIpc) is 2.80. The minimum absolute atomic E-state index is 0.365. The number of rotatable bonds is 1. The number of carbonyl (C=O) groups is 1. The van der Waals surface area contributed by atoms with E-state index in [1.807, 2.05) is 6.07 Å². The average molecular weight is 334 g/mol. The van der Waals surface area contributed by atoms with E-state index < -0.39 is 6.03 Å². The van der Waals surface area contributed by atoms with Gasteiger partial charge in [-0.05, 0) is 24.3 Å². The van der Waals surface area contributed by atoms with Crippen molar-refractivity contribution in [3.63, 3.8) is 0 Å². The Morgan fingerprint density at radius 3 is 2.70 bits per heavy atom. The maximum atomic E-state index is 13.4. The highest BCUT2D eigenvalue weighted by Gasteiger charge is 2.17. The molecule has 0 atom stereocenters. The Morgan fingerprint density at radius 2 is 2.00 bits per heavy atom. The molecule has 0 fully saturated rings. The molecule has 0 aliphatic rings. The van der Waals surface area contributed by atoms with Crippen LogP contribution in [0, 0.1) is 5.82 Å². The van der Waals surface area contributed by atoms with Crippen molar-refractivity contribution >= 4 is 32.9 Å². The number of primary amides is 1. The van der Waals surface area contributed by atoms with Crippen LogP contribution < -0.4 is 5.73 Å². The molecule has 0 spiro atoms. The summed E-state index contributed by atoms with van der Waals surface area (Å²) in [5, 5.41) is 4.93. The lowest BCUT2D eigenvalue weighted by atomic mass is 10.1. The van der Waals surface area contributed by atoms with Gasteiger partial charge in [-0.25, -0.2) is 9.18 Å². The summed E-state index contributed by atoms with van der Waals surface area (Å²) in [6.07, 6.45) is 0. The first-order chi connectivity index (χ1) is 9.58. The van der Waals surface area contributed by atoms with Crippen molar-refractivity contribution in [2.24, 2.45) is 5.73 Å². The van der Waals surface area contributed by atoms with E-state index in [1.165, 1.54) is 12.1 Å². The molecule has 2 aromatic carbocycles. The fourth-order valence-corrected chi connectivity index (χ4v) is 2.68. The predicted octanol–water partition coefficient (Wildman–Crippen LogP) is 3.53. The highest BCUT2D eigenvalue weighted by Crippen LogP contribution is 2.33. The lowest BCUT2D eigenvalue weighted by Crippen LogP contribution is -2.20. The molecule has 1 aromatic heterocycles. The summed E-state index contributed by atoms with van der Waals surface area (Å²) in [5.41, 5.74) is 6.99. The molecule has 6 heteroatoms. The number of hydrogen-bond acceptors (Lipinski definition) is 2. The highest BCUT2D eigenvalue weighted by molar-refractivity contribution is 9.10. The van der Waals surface area contributed by atoms with Gasteiger partial charge in [0.25, 0.3) is 0 Å². The van der Waals surface area contributed by atoms with Crippen molar-refractivity contribution in [2.75, 3.05) is 0 Å². The van der Waals surface area contributed by atoms with Gasteiger partial charge >= 0.3 is 6.03 Å². The number of fused-ring (bicyclic) bond motifs is 1. The van der Waals surface area contributed by atoms with Crippen LogP contribution in [0.5, 0.6) is 0 Å². The van der Waals surface area contributed by atoms with Gasteiger partial charge in [-0.15, -0.1) is 0 Å². The quantitative estimate of drug-likeness (QED) is 0.740. The fraction of sp³-hybridized carbons (Fsp3) is 0. The van der Waals surface area contributed by atoms with Crippen molar-refractivity contribution in [2.45, 2.75) is 0 Å². The van der Waals surface area contributed by atoms with Crippen LogP contribution in [-0.2, 0) is 0 Å². The second-order valence-electron chi connectivity index (χ2n) is 4.24. The van der Waals surface area contributed by atoms with Gasteiger partial charge in [0.15, 0.2) is 0 Å². The summed E-state index contributed by atoms with van der Waals surface area (Å²) in [4.78, 5) is 11.5. The zero-order chi connectivity index (χ0) is 14.3. The van der Waals surface area contributed by atoms with Crippen LogP contribution >= 0.6 is 15.9 Å². The van der Waals surface area contributed by atoms with E-state index in [0.29, 0.717) is 16.8 Å². The Morgan fingerprint density at radius 1 is 1.25 bits per heavy atom. The normalized spacial score (nSPS) is 10.9. The number of benzene rings is 2. The van der Waals surface area contributed by atoms with Crippen molar-refractivity contribution in [1.82, 2.24) is 9.78 Å². The lowest BCUT2D eigenvalue weighted by Gasteiger charge is -1.99. The molecule has 3 rings (SSSR count). The van der Waals surface area contributed by atoms with Crippen LogP contribution in [0.4, 0.5) is 9.18 Å². The minimum atomic E-state index is -0.684. The van der Waals surface area contributed by atoms with Crippen molar-refractivity contribution in [3.05, 3.63) is 52.8 Å².